The van der Waals surface area contributed by atoms with Gasteiger partial charge in [0, 0.05) is 11.3 Å². The molecule has 0 aliphatic carbocycles. The molecule has 124 valence electrons. The number of nitrogens with one attached hydrogen (secondary N) is 2. The molecule has 2 N–H and O–H groups in total. The van der Waals surface area contributed by atoms with Gasteiger partial charge in [-0.05, 0) is 29.0 Å². The van der Waals surface area contributed by atoms with E-state index in [2.05, 4.69) is 15.8 Å². The van der Waals surface area contributed by atoms with E-state index in [0.29, 0.717) is 5.69 Å². The van der Waals surface area contributed by atoms with Crippen LogP contribution in [-0.2, 0) is 9.59 Å². The van der Waals surface area contributed by atoms with Crippen LogP contribution in [0.4, 0.5) is 10.1 Å². The summed E-state index contributed by atoms with van der Waals surface area (Å²) in [4.78, 5) is 23.6. The van der Waals surface area contributed by atoms with Crippen LogP contribution < -0.4 is 10.7 Å². The van der Waals surface area contributed by atoms with Gasteiger partial charge < -0.3 is 5.32 Å². The van der Waals surface area contributed by atoms with Gasteiger partial charge in [-0.3, -0.25) is 9.59 Å². The Morgan fingerprint density at radius 2 is 1.60 bits per heavy atom. The molecule has 0 saturated heterocycles. The number of rotatable bonds is 3. The molecule has 25 heavy (non-hydrogen) atoms. The van der Waals surface area contributed by atoms with E-state index >= 15 is 0 Å². The Morgan fingerprint density at radius 1 is 0.880 bits per heavy atom. The van der Waals surface area contributed by atoms with E-state index in [0.717, 1.165) is 17.0 Å². The molecule has 0 aliphatic heterocycles. The smallest absolute Gasteiger partial charge is 0.318 e. The first kappa shape index (κ1) is 16.3. The molecule has 0 aromatic heterocycles. The average molecular weight is 335 g/mol. The lowest BCUT2D eigenvalue weighted by molar-refractivity contribution is -0.136. The Hall–Kier alpha value is -3.54. The molecule has 0 atom stereocenters. The highest BCUT2D eigenvalue weighted by molar-refractivity contribution is 6.39. The van der Waals surface area contributed by atoms with Crippen molar-refractivity contribution in [2.45, 2.75) is 0 Å². The highest BCUT2D eigenvalue weighted by atomic mass is 19.1. The third-order valence-corrected chi connectivity index (χ3v) is 3.49. The zero-order chi connectivity index (χ0) is 17.6. The first-order valence-electron chi connectivity index (χ1n) is 7.51. The van der Waals surface area contributed by atoms with Crippen molar-refractivity contribution in [1.82, 2.24) is 5.43 Å². The monoisotopic (exact) mass is 335 g/mol. The van der Waals surface area contributed by atoms with Gasteiger partial charge in [-0.15, -0.1) is 0 Å². The summed E-state index contributed by atoms with van der Waals surface area (Å²) in [7, 11) is 0. The number of nitrogens with zero attached hydrogens (tertiary/aromatic N) is 1. The van der Waals surface area contributed by atoms with Crippen molar-refractivity contribution in [3.8, 4) is 0 Å². The average Bonchev–Trinajstić information content (AvgIpc) is 2.63. The van der Waals surface area contributed by atoms with Crippen LogP contribution in [0.3, 0.4) is 0 Å². The van der Waals surface area contributed by atoms with Crippen LogP contribution in [0.25, 0.3) is 10.8 Å². The summed E-state index contributed by atoms with van der Waals surface area (Å²) in [5.74, 6) is -2.28. The Labute approximate surface area is 143 Å². The van der Waals surface area contributed by atoms with Crippen LogP contribution in [0, 0.1) is 5.82 Å². The topological polar surface area (TPSA) is 70.6 Å². The molecule has 0 saturated carbocycles. The standard InChI is InChI=1S/C19H14FN3O2/c20-17-8-4-3-7-15(17)12-21-23-19(25)18(24)22-16-10-9-13-5-1-2-6-14(13)11-16/h1-12H,(H,22,24)(H,23,25). The molecule has 0 radical (unpaired) electrons. The van der Waals surface area contributed by atoms with Crippen LogP contribution in [0.15, 0.2) is 71.8 Å². The molecule has 2 amide bonds. The second kappa shape index (κ2) is 7.35. The number of hydrogen-bond donors (Lipinski definition) is 2. The van der Waals surface area contributed by atoms with Gasteiger partial charge in [0.1, 0.15) is 5.82 Å². The highest BCUT2D eigenvalue weighted by Crippen LogP contribution is 2.18. The Morgan fingerprint density at radius 3 is 2.40 bits per heavy atom. The van der Waals surface area contributed by atoms with Gasteiger partial charge in [0.05, 0.1) is 6.21 Å². The second-order valence-corrected chi connectivity index (χ2v) is 5.24. The maximum absolute atomic E-state index is 13.4. The normalized spacial score (nSPS) is 10.8. The molecule has 3 rings (SSSR count). The lowest BCUT2D eigenvalue weighted by atomic mass is 10.1. The van der Waals surface area contributed by atoms with Crippen molar-refractivity contribution in [3.05, 3.63) is 78.1 Å². The minimum Gasteiger partial charge on any atom is -0.318 e. The van der Waals surface area contributed by atoms with Crippen LogP contribution >= 0.6 is 0 Å². The Balaban J connectivity index is 1.62. The fourth-order valence-corrected chi connectivity index (χ4v) is 2.25. The van der Waals surface area contributed by atoms with Gasteiger partial charge in [-0.1, -0.05) is 48.5 Å². The summed E-state index contributed by atoms with van der Waals surface area (Å²) in [5, 5.41) is 8.05. The van der Waals surface area contributed by atoms with Gasteiger partial charge in [0.25, 0.3) is 0 Å². The Kier molecular flexibility index (Phi) is 4.80. The molecule has 5 nitrogen and oxygen atoms in total. The van der Waals surface area contributed by atoms with Crippen LogP contribution in [0.2, 0.25) is 0 Å². The van der Waals surface area contributed by atoms with Crippen molar-refractivity contribution >= 4 is 34.5 Å². The van der Waals surface area contributed by atoms with Crippen molar-refractivity contribution in [2.75, 3.05) is 5.32 Å². The summed E-state index contributed by atoms with van der Waals surface area (Å²) in [6.07, 6.45) is 1.14. The molecule has 3 aromatic carbocycles. The van der Waals surface area contributed by atoms with Gasteiger partial charge in [0.2, 0.25) is 0 Å². The number of amides is 2. The van der Waals surface area contributed by atoms with E-state index in [1.165, 1.54) is 12.1 Å². The van der Waals surface area contributed by atoms with Gasteiger partial charge >= 0.3 is 11.8 Å². The molecule has 3 aromatic rings. The van der Waals surface area contributed by atoms with Crippen molar-refractivity contribution in [1.29, 1.82) is 0 Å². The summed E-state index contributed by atoms with van der Waals surface area (Å²) in [6, 6.07) is 18.9. The van der Waals surface area contributed by atoms with Crippen molar-refractivity contribution < 1.29 is 14.0 Å². The fraction of sp³-hybridized carbons (Fsp3) is 0. The lowest BCUT2D eigenvalue weighted by Crippen LogP contribution is -2.32. The lowest BCUT2D eigenvalue weighted by Gasteiger charge is -2.05. The summed E-state index contributed by atoms with van der Waals surface area (Å²) >= 11 is 0. The number of anilines is 1. The van der Waals surface area contributed by atoms with E-state index in [4.69, 9.17) is 0 Å². The number of hydrogen-bond acceptors (Lipinski definition) is 3. The van der Waals surface area contributed by atoms with E-state index in [1.807, 2.05) is 30.3 Å². The molecule has 0 spiro atoms. The van der Waals surface area contributed by atoms with E-state index < -0.39 is 17.6 Å². The predicted molar refractivity (Wildman–Crippen MR) is 94.7 cm³/mol. The number of benzene rings is 3. The first-order valence-corrected chi connectivity index (χ1v) is 7.51. The quantitative estimate of drug-likeness (QED) is 0.439. The Bertz CT molecular complexity index is 970. The maximum atomic E-state index is 13.4. The summed E-state index contributed by atoms with van der Waals surface area (Å²) in [6.45, 7) is 0. The SMILES string of the molecule is O=C(NN=Cc1ccccc1F)C(=O)Nc1ccc2ccccc2c1. The summed E-state index contributed by atoms with van der Waals surface area (Å²) in [5.41, 5.74) is 2.77. The van der Waals surface area contributed by atoms with Crippen LogP contribution in [0.1, 0.15) is 5.56 Å². The van der Waals surface area contributed by atoms with E-state index in [9.17, 15) is 14.0 Å². The van der Waals surface area contributed by atoms with E-state index in [1.54, 1.807) is 24.3 Å². The molecule has 6 heteroatoms. The van der Waals surface area contributed by atoms with Crippen molar-refractivity contribution in [3.63, 3.8) is 0 Å². The van der Waals surface area contributed by atoms with Gasteiger partial charge in [0.15, 0.2) is 0 Å². The number of hydrazone groups is 1. The van der Waals surface area contributed by atoms with Gasteiger partial charge in [-0.25, -0.2) is 9.82 Å². The number of fused-ring (bicyclic) bond motifs is 1. The molecule has 0 unspecified atom stereocenters. The number of carbonyl (C=O) groups excluding carboxylic acids is 2. The third kappa shape index (κ3) is 4.06. The molecule has 0 aliphatic rings. The number of carbonyl (C=O) groups is 2. The summed E-state index contributed by atoms with van der Waals surface area (Å²) < 4.78 is 13.4. The minimum atomic E-state index is -0.944. The molecular weight excluding hydrogens is 321 g/mol. The predicted octanol–water partition coefficient (Wildman–Crippen LogP) is 3.07. The van der Waals surface area contributed by atoms with Crippen molar-refractivity contribution in [2.24, 2.45) is 5.10 Å². The molecular formula is C19H14FN3O2. The second-order valence-electron chi connectivity index (χ2n) is 5.24. The van der Waals surface area contributed by atoms with E-state index in [-0.39, 0.29) is 5.56 Å². The third-order valence-electron chi connectivity index (χ3n) is 3.49. The zero-order valence-corrected chi connectivity index (χ0v) is 13.1. The molecule has 0 heterocycles. The molecule has 0 bridgehead atoms. The largest absolute Gasteiger partial charge is 0.329 e. The molecule has 0 fully saturated rings. The van der Waals surface area contributed by atoms with Gasteiger partial charge in [-0.2, -0.15) is 5.10 Å². The highest BCUT2D eigenvalue weighted by Gasteiger charge is 2.13. The first-order chi connectivity index (χ1) is 12.1. The maximum Gasteiger partial charge on any atom is 0.329 e. The fourth-order valence-electron chi connectivity index (χ4n) is 2.25. The van der Waals surface area contributed by atoms with Crippen LogP contribution in [-0.4, -0.2) is 18.0 Å². The minimum absolute atomic E-state index is 0.206. The van der Waals surface area contributed by atoms with Crippen LogP contribution in [0.5, 0.6) is 0 Å². The number of halogens is 1. The zero-order valence-electron chi connectivity index (χ0n) is 13.1.